The van der Waals surface area contributed by atoms with E-state index < -0.39 is 0 Å². The van der Waals surface area contributed by atoms with Gasteiger partial charge in [0.2, 0.25) is 0 Å². The smallest absolute Gasteiger partial charge is 0.0220 e. The molecule has 0 aromatic carbocycles. The van der Waals surface area contributed by atoms with Crippen LogP contribution < -0.4 is 5.73 Å². The van der Waals surface area contributed by atoms with Crippen molar-refractivity contribution < 1.29 is 0 Å². The fraction of sp³-hybridized carbons (Fsp3) is 1.00. The van der Waals surface area contributed by atoms with E-state index in [9.17, 15) is 0 Å². The summed E-state index contributed by atoms with van der Waals surface area (Å²) in [6.45, 7) is 5.03. The molecule has 19 heavy (non-hydrogen) atoms. The summed E-state index contributed by atoms with van der Waals surface area (Å²) in [6.07, 6.45) is 13.1. The molecular weight excluding hydrogens is 232 g/mol. The van der Waals surface area contributed by atoms with Crippen molar-refractivity contribution in [3.8, 4) is 0 Å². The number of hydrogen-bond donors (Lipinski definition) is 1. The molecule has 2 heteroatoms. The molecule has 0 aromatic heterocycles. The minimum atomic E-state index is 0.405. The molecule has 2 nitrogen and oxygen atoms in total. The third-order valence-corrected chi connectivity index (χ3v) is 7.07. The molecule has 1 aliphatic heterocycles. The molecule has 0 amide bonds. The van der Waals surface area contributed by atoms with Crippen LogP contribution in [0, 0.1) is 17.3 Å². The Hall–Kier alpha value is -0.0800. The molecule has 2 N–H and O–H groups in total. The SMILES string of the molecule is CC(N)C12CC3CC(C1)CC(N1CCCCC1)(C3)C2. The Morgan fingerprint density at radius 3 is 2.21 bits per heavy atom. The predicted octanol–water partition coefficient (Wildman–Crippen LogP) is 3.16. The normalized spacial score (nSPS) is 51.5. The van der Waals surface area contributed by atoms with Crippen molar-refractivity contribution in [2.75, 3.05) is 13.1 Å². The van der Waals surface area contributed by atoms with Gasteiger partial charge in [-0.25, -0.2) is 0 Å². The second kappa shape index (κ2) is 4.21. The largest absolute Gasteiger partial charge is 0.327 e. The summed E-state index contributed by atoms with van der Waals surface area (Å²) in [5, 5.41) is 0. The highest BCUT2D eigenvalue weighted by atomic mass is 15.2. The topological polar surface area (TPSA) is 29.3 Å². The van der Waals surface area contributed by atoms with Crippen molar-refractivity contribution in [1.29, 1.82) is 0 Å². The zero-order chi connectivity index (χ0) is 13.1. The molecule has 1 saturated heterocycles. The van der Waals surface area contributed by atoms with Crippen LogP contribution in [0.4, 0.5) is 0 Å². The lowest BCUT2D eigenvalue weighted by Crippen LogP contribution is -2.66. The summed E-state index contributed by atoms with van der Waals surface area (Å²) in [4.78, 5) is 2.91. The van der Waals surface area contributed by atoms with Crippen molar-refractivity contribution in [3.05, 3.63) is 0 Å². The first-order valence-electron chi connectivity index (χ1n) is 8.63. The van der Waals surface area contributed by atoms with Gasteiger partial charge in [0.05, 0.1) is 0 Å². The Balaban J connectivity index is 1.66. The van der Waals surface area contributed by atoms with E-state index in [1.807, 2.05) is 0 Å². The Bertz CT molecular complexity index is 342. The lowest BCUT2D eigenvalue weighted by atomic mass is 9.45. The van der Waals surface area contributed by atoms with Gasteiger partial charge in [-0.2, -0.15) is 0 Å². The van der Waals surface area contributed by atoms with Crippen molar-refractivity contribution >= 4 is 0 Å². The van der Waals surface area contributed by atoms with Crippen LogP contribution in [-0.4, -0.2) is 29.6 Å². The van der Waals surface area contributed by atoms with Gasteiger partial charge in [0.15, 0.2) is 0 Å². The lowest BCUT2D eigenvalue weighted by Gasteiger charge is -2.66. The van der Waals surface area contributed by atoms with Crippen LogP contribution in [0.2, 0.25) is 0 Å². The van der Waals surface area contributed by atoms with Crippen molar-refractivity contribution in [1.82, 2.24) is 4.90 Å². The number of likely N-dealkylation sites (tertiary alicyclic amines) is 1. The lowest BCUT2D eigenvalue weighted by molar-refractivity contribution is -0.143. The third-order valence-electron chi connectivity index (χ3n) is 7.07. The molecule has 4 aliphatic carbocycles. The molecule has 3 unspecified atom stereocenters. The predicted molar refractivity (Wildman–Crippen MR) is 78.9 cm³/mol. The maximum Gasteiger partial charge on any atom is 0.0220 e. The van der Waals surface area contributed by atoms with Crippen LogP contribution in [0.5, 0.6) is 0 Å². The van der Waals surface area contributed by atoms with E-state index in [0.717, 1.165) is 11.8 Å². The van der Waals surface area contributed by atoms with E-state index in [2.05, 4.69) is 11.8 Å². The Kier molecular flexibility index (Phi) is 2.80. The fourth-order valence-corrected chi connectivity index (χ4v) is 6.56. The monoisotopic (exact) mass is 262 g/mol. The van der Waals surface area contributed by atoms with Crippen LogP contribution in [0.1, 0.15) is 64.7 Å². The van der Waals surface area contributed by atoms with Crippen LogP contribution in [0.3, 0.4) is 0 Å². The van der Waals surface area contributed by atoms with Crippen molar-refractivity contribution in [3.63, 3.8) is 0 Å². The van der Waals surface area contributed by atoms with Gasteiger partial charge < -0.3 is 5.73 Å². The fourth-order valence-electron chi connectivity index (χ4n) is 6.56. The minimum Gasteiger partial charge on any atom is -0.327 e. The van der Waals surface area contributed by atoms with Crippen molar-refractivity contribution in [2.24, 2.45) is 23.0 Å². The molecule has 0 spiro atoms. The van der Waals surface area contributed by atoms with Gasteiger partial charge in [-0.1, -0.05) is 6.42 Å². The van der Waals surface area contributed by atoms with E-state index >= 15 is 0 Å². The summed E-state index contributed by atoms with van der Waals surface area (Å²) in [6, 6.07) is 0.405. The first kappa shape index (κ1) is 12.6. The summed E-state index contributed by atoms with van der Waals surface area (Å²) in [7, 11) is 0. The molecule has 5 rings (SSSR count). The molecule has 108 valence electrons. The average Bonchev–Trinajstić information content (AvgIpc) is 2.38. The van der Waals surface area contributed by atoms with Crippen LogP contribution in [-0.2, 0) is 0 Å². The van der Waals surface area contributed by atoms with E-state index in [-0.39, 0.29) is 0 Å². The summed E-state index contributed by atoms with van der Waals surface area (Å²) < 4.78 is 0. The Morgan fingerprint density at radius 2 is 1.63 bits per heavy atom. The number of hydrogen-bond acceptors (Lipinski definition) is 2. The maximum atomic E-state index is 6.46. The van der Waals surface area contributed by atoms with E-state index in [4.69, 9.17) is 5.73 Å². The van der Waals surface area contributed by atoms with Gasteiger partial charge >= 0.3 is 0 Å². The highest BCUT2D eigenvalue weighted by Gasteiger charge is 2.60. The molecule has 5 aliphatic rings. The molecule has 4 bridgehead atoms. The summed E-state index contributed by atoms with van der Waals surface area (Å²) >= 11 is 0. The molecule has 0 aromatic rings. The molecule has 1 heterocycles. The summed E-state index contributed by atoms with van der Waals surface area (Å²) in [5.74, 6) is 1.99. The Labute approximate surface area is 118 Å². The quantitative estimate of drug-likeness (QED) is 0.828. The number of rotatable bonds is 2. The summed E-state index contributed by atoms with van der Waals surface area (Å²) in [5.41, 5.74) is 7.53. The molecule has 0 radical (unpaired) electrons. The van der Waals surface area contributed by atoms with Gasteiger partial charge in [0.25, 0.3) is 0 Å². The van der Waals surface area contributed by atoms with Gasteiger partial charge in [0.1, 0.15) is 0 Å². The second-order valence-corrected chi connectivity index (χ2v) is 8.38. The standard InChI is InChI=1S/C17H30N2/c1-13(18)16-8-14-7-15(9-16)11-17(10-14,12-16)19-5-3-2-4-6-19/h13-15H,2-12,18H2,1H3. The molecule has 4 saturated carbocycles. The second-order valence-electron chi connectivity index (χ2n) is 8.38. The average molecular weight is 262 g/mol. The van der Waals surface area contributed by atoms with Crippen LogP contribution >= 0.6 is 0 Å². The first-order valence-corrected chi connectivity index (χ1v) is 8.63. The molecular formula is C17H30N2. The van der Waals surface area contributed by atoms with E-state index in [0.29, 0.717) is 17.0 Å². The Morgan fingerprint density at radius 1 is 1.00 bits per heavy atom. The number of nitrogens with two attached hydrogens (primary N) is 1. The number of nitrogens with zero attached hydrogens (tertiary/aromatic N) is 1. The van der Waals surface area contributed by atoms with Crippen LogP contribution in [0.25, 0.3) is 0 Å². The highest BCUT2D eigenvalue weighted by molar-refractivity contribution is 5.14. The van der Waals surface area contributed by atoms with Gasteiger partial charge in [0, 0.05) is 11.6 Å². The zero-order valence-corrected chi connectivity index (χ0v) is 12.5. The van der Waals surface area contributed by atoms with E-state index in [1.54, 1.807) is 0 Å². The molecule has 3 atom stereocenters. The van der Waals surface area contributed by atoms with Gasteiger partial charge in [-0.3, -0.25) is 4.90 Å². The molecule has 5 fully saturated rings. The van der Waals surface area contributed by atoms with Crippen LogP contribution in [0.15, 0.2) is 0 Å². The third kappa shape index (κ3) is 1.82. The maximum absolute atomic E-state index is 6.46. The zero-order valence-electron chi connectivity index (χ0n) is 12.5. The van der Waals surface area contributed by atoms with Gasteiger partial charge in [-0.15, -0.1) is 0 Å². The number of piperidine rings is 1. The van der Waals surface area contributed by atoms with E-state index in [1.165, 1.54) is 70.9 Å². The minimum absolute atomic E-state index is 0.405. The highest BCUT2D eigenvalue weighted by Crippen LogP contribution is 2.64. The van der Waals surface area contributed by atoms with Gasteiger partial charge in [-0.05, 0) is 88.6 Å². The van der Waals surface area contributed by atoms with Crippen molar-refractivity contribution in [2.45, 2.75) is 76.3 Å². The first-order chi connectivity index (χ1) is 9.12.